The van der Waals surface area contributed by atoms with Crippen LogP contribution in [-0.4, -0.2) is 25.0 Å². The molecule has 0 radical (unpaired) electrons. The molecular weight excluding hydrogens is 219 g/mol. The molecule has 1 aliphatic heterocycles. The molecule has 1 aromatic carbocycles. The van der Waals surface area contributed by atoms with Crippen LogP contribution in [0.1, 0.15) is 18.9 Å². The van der Waals surface area contributed by atoms with Gasteiger partial charge < -0.3 is 10.2 Å². The Hall–Kier alpha value is -1.42. The molecule has 1 saturated heterocycles. The molecule has 2 rings (SSSR count). The van der Waals surface area contributed by atoms with E-state index in [0.717, 1.165) is 18.5 Å². The summed E-state index contributed by atoms with van der Waals surface area (Å²) in [7, 11) is 0. The topological polar surface area (TPSA) is 32.3 Å². The van der Waals surface area contributed by atoms with E-state index in [2.05, 4.69) is 5.32 Å². The van der Waals surface area contributed by atoms with E-state index in [1.807, 2.05) is 19.9 Å². The Morgan fingerprint density at radius 2 is 2.29 bits per heavy atom. The molecule has 1 atom stereocenters. The minimum atomic E-state index is -0.324. The molecular formula is C13H17FN2O. The summed E-state index contributed by atoms with van der Waals surface area (Å²) < 4.78 is 13.8. The lowest BCUT2D eigenvalue weighted by molar-refractivity contribution is -0.118. The van der Waals surface area contributed by atoms with Crippen LogP contribution < -0.4 is 10.2 Å². The summed E-state index contributed by atoms with van der Waals surface area (Å²) in [4.78, 5) is 13.7. The van der Waals surface area contributed by atoms with Crippen molar-refractivity contribution in [1.29, 1.82) is 0 Å². The SMILES string of the molecule is CCNC1CCN(c2c(C)cccc2F)C1=O. The summed E-state index contributed by atoms with van der Waals surface area (Å²) in [6.07, 6.45) is 0.737. The lowest BCUT2D eigenvalue weighted by Crippen LogP contribution is -2.38. The number of carbonyl (C=O) groups is 1. The number of rotatable bonds is 3. The molecule has 1 amide bonds. The average Bonchev–Trinajstić information content (AvgIpc) is 2.62. The molecule has 1 N–H and O–H groups in total. The third-order valence-electron chi connectivity index (χ3n) is 3.11. The molecule has 1 aliphatic rings. The summed E-state index contributed by atoms with van der Waals surface area (Å²) in [5, 5.41) is 3.12. The second kappa shape index (κ2) is 4.84. The lowest BCUT2D eigenvalue weighted by atomic mass is 10.1. The number of nitrogens with one attached hydrogen (secondary N) is 1. The number of hydrogen-bond acceptors (Lipinski definition) is 2. The van der Waals surface area contributed by atoms with Crippen molar-refractivity contribution >= 4 is 11.6 Å². The van der Waals surface area contributed by atoms with Gasteiger partial charge in [-0.05, 0) is 31.5 Å². The highest BCUT2D eigenvalue weighted by atomic mass is 19.1. The van der Waals surface area contributed by atoms with Crippen molar-refractivity contribution in [3.63, 3.8) is 0 Å². The first-order valence-electron chi connectivity index (χ1n) is 5.95. The molecule has 3 nitrogen and oxygen atoms in total. The average molecular weight is 236 g/mol. The number of carbonyl (C=O) groups excluding carboxylic acids is 1. The van der Waals surface area contributed by atoms with E-state index in [1.54, 1.807) is 11.0 Å². The number of para-hydroxylation sites is 1. The Morgan fingerprint density at radius 3 is 2.94 bits per heavy atom. The number of amides is 1. The quantitative estimate of drug-likeness (QED) is 0.868. The zero-order valence-electron chi connectivity index (χ0n) is 10.2. The van der Waals surface area contributed by atoms with Crippen molar-refractivity contribution in [2.45, 2.75) is 26.3 Å². The van der Waals surface area contributed by atoms with E-state index in [9.17, 15) is 9.18 Å². The highest BCUT2D eigenvalue weighted by molar-refractivity contribution is 6.00. The normalized spacial score (nSPS) is 20.1. The van der Waals surface area contributed by atoms with Gasteiger partial charge >= 0.3 is 0 Å². The maximum atomic E-state index is 13.8. The molecule has 1 heterocycles. The van der Waals surface area contributed by atoms with Gasteiger partial charge in [0.1, 0.15) is 5.82 Å². The second-order valence-electron chi connectivity index (χ2n) is 4.29. The zero-order chi connectivity index (χ0) is 12.4. The number of likely N-dealkylation sites (N-methyl/N-ethyl adjacent to an activating group) is 1. The smallest absolute Gasteiger partial charge is 0.244 e. The van der Waals surface area contributed by atoms with Crippen LogP contribution in [0.2, 0.25) is 0 Å². The van der Waals surface area contributed by atoms with Gasteiger partial charge in [0.15, 0.2) is 0 Å². The van der Waals surface area contributed by atoms with Crippen molar-refractivity contribution in [2.75, 3.05) is 18.0 Å². The molecule has 1 aromatic rings. The number of anilines is 1. The summed E-state index contributed by atoms with van der Waals surface area (Å²) in [5.74, 6) is -0.351. The lowest BCUT2D eigenvalue weighted by Gasteiger charge is -2.19. The summed E-state index contributed by atoms with van der Waals surface area (Å²) in [5.41, 5.74) is 1.23. The largest absolute Gasteiger partial charge is 0.308 e. The Bertz CT molecular complexity index is 413. The fraction of sp³-hybridized carbons (Fsp3) is 0.462. The van der Waals surface area contributed by atoms with E-state index in [1.165, 1.54) is 6.07 Å². The number of hydrogen-bond donors (Lipinski definition) is 1. The van der Waals surface area contributed by atoms with Gasteiger partial charge in [0.25, 0.3) is 0 Å². The van der Waals surface area contributed by atoms with Gasteiger partial charge in [-0.15, -0.1) is 0 Å². The minimum Gasteiger partial charge on any atom is -0.308 e. The van der Waals surface area contributed by atoms with Gasteiger partial charge in [0.05, 0.1) is 11.7 Å². The van der Waals surface area contributed by atoms with Crippen molar-refractivity contribution in [3.05, 3.63) is 29.6 Å². The van der Waals surface area contributed by atoms with Gasteiger partial charge in [0.2, 0.25) is 5.91 Å². The number of halogens is 1. The highest BCUT2D eigenvalue weighted by Crippen LogP contribution is 2.27. The highest BCUT2D eigenvalue weighted by Gasteiger charge is 2.33. The Morgan fingerprint density at radius 1 is 1.53 bits per heavy atom. The van der Waals surface area contributed by atoms with Crippen molar-refractivity contribution in [3.8, 4) is 0 Å². The van der Waals surface area contributed by atoms with Crippen molar-refractivity contribution in [2.24, 2.45) is 0 Å². The van der Waals surface area contributed by atoms with Gasteiger partial charge in [0, 0.05) is 6.54 Å². The number of benzene rings is 1. The van der Waals surface area contributed by atoms with E-state index in [0.29, 0.717) is 12.2 Å². The molecule has 0 spiro atoms. The Labute approximate surface area is 101 Å². The summed E-state index contributed by atoms with van der Waals surface area (Å²) in [6, 6.07) is 4.72. The predicted octanol–water partition coefficient (Wildman–Crippen LogP) is 1.85. The monoisotopic (exact) mass is 236 g/mol. The third kappa shape index (κ3) is 2.17. The standard InChI is InChI=1S/C13H17FN2O/c1-3-15-11-7-8-16(13(11)17)12-9(2)5-4-6-10(12)14/h4-6,11,15H,3,7-8H2,1-2H3. The molecule has 4 heteroatoms. The molecule has 0 aliphatic carbocycles. The molecule has 0 aromatic heterocycles. The van der Waals surface area contributed by atoms with Crippen molar-refractivity contribution < 1.29 is 9.18 Å². The summed E-state index contributed by atoms with van der Waals surface area (Å²) >= 11 is 0. The fourth-order valence-corrected chi connectivity index (χ4v) is 2.30. The van der Waals surface area contributed by atoms with Crippen LogP contribution in [0.3, 0.4) is 0 Å². The number of aryl methyl sites for hydroxylation is 1. The molecule has 1 fully saturated rings. The molecule has 1 unspecified atom stereocenters. The predicted molar refractivity (Wildman–Crippen MR) is 65.6 cm³/mol. The molecule has 0 bridgehead atoms. The van der Waals surface area contributed by atoms with E-state index >= 15 is 0 Å². The maximum Gasteiger partial charge on any atom is 0.244 e. The van der Waals surface area contributed by atoms with Gasteiger partial charge in [-0.1, -0.05) is 19.1 Å². The Balaban J connectivity index is 2.27. The zero-order valence-corrected chi connectivity index (χ0v) is 10.2. The van der Waals surface area contributed by atoms with Crippen molar-refractivity contribution in [1.82, 2.24) is 5.32 Å². The van der Waals surface area contributed by atoms with Crippen LogP contribution in [0.15, 0.2) is 18.2 Å². The van der Waals surface area contributed by atoms with Crippen LogP contribution in [0.25, 0.3) is 0 Å². The van der Waals surface area contributed by atoms with E-state index in [-0.39, 0.29) is 17.8 Å². The minimum absolute atomic E-state index is 0.0277. The number of nitrogens with zero attached hydrogens (tertiary/aromatic N) is 1. The van der Waals surface area contributed by atoms with Crippen LogP contribution in [-0.2, 0) is 4.79 Å². The first-order valence-corrected chi connectivity index (χ1v) is 5.95. The third-order valence-corrected chi connectivity index (χ3v) is 3.11. The molecule has 92 valence electrons. The Kier molecular flexibility index (Phi) is 3.43. The van der Waals surface area contributed by atoms with Gasteiger partial charge in [-0.3, -0.25) is 4.79 Å². The summed E-state index contributed by atoms with van der Waals surface area (Å²) in [6.45, 7) is 5.12. The van der Waals surface area contributed by atoms with Crippen LogP contribution in [0.5, 0.6) is 0 Å². The van der Waals surface area contributed by atoms with Crippen LogP contribution in [0, 0.1) is 12.7 Å². The van der Waals surface area contributed by atoms with Gasteiger partial charge in [-0.25, -0.2) is 4.39 Å². The van der Waals surface area contributed by atoms with Crippen LogP contribution >= 0.6 is 0 Å². The molecule has 17 heavy (non-hydrogen) atoms. The van der Waals surface area contributed by atoms with E-state index < -0.39 is 0 Å². The molecule has 0 saturated carbocycles. The first-order chi connectivity index (χ1) is 8.15. The second-order valence-corrected chi connectivity index (χ2v) is 4.29. The van der Waals surface area contributed by atoms with Gasteiger partial charge in [-0.2, -0.15) is 0 Å². The maximum absolute atomic E-state index is 13.8. The first kappa shape index (κ1) is 12.0. The van der Waals surface area contributed by atoms with E-state index in [4.69, 9.17) is 0 Å². The van der Waals surface area contributed by atoms with Crippen LogP contribution in [0.4, 0.5) is 10.1 Å². The fourth-order valence-electron chi connectivity index (χ4n) is 2.30.